The fourth-order valence-corrected chi connectivity index (χ4v) is 1.55. The quantitative estimate of drug-likeness (QED) is 0.817. The zero-order valence-electron chi connectivity index (χ0n) is 9.49. The van der Waals surface area contributed by atoms with Crippen LogP contribution in [0.3, 0.4) is 0 Å². The molecule has 0 saturated carbocycles. The second kappa shape index (κ2) is 5.97. The second-order valence-corrected chi connectivity index (χ2v) is 4.91. The minimum absolute atomic E-state index is 0.0376. The molecule has 0 aromatic carbocycles. The van der Waals surface area contributed by atoms with Crippen molar-refractivity contribution in [1.29, 1.82) is 0 Å². The molecule has 16 heavy (non-hydrogen) atoms. The summed E-state index contributed by atoms with van der Waals surface area (Å²) in [6.45, 7) is 5.66. The van der Waals surface area contributed by atoms with E-state index in [1.807, 2.05) is 13.8 Å². The van der Waals surface area contributed by atoms with Crippen molar-refractivity contribution in [2.45, 2.75) is 32.9 Å². The number of aromatic nitrogens is 2. The van der Waals surface area contributed by atoms with Gasteiger partial charge in [-0.1, -0.05) is 0 Å². The van der Waals surface area contributed by atoms with Crippen molar-refractivity contribution in [3.63, 3.8) is 0 Å². The lowest BCUT2D eigenvalue weighted by Gasteiger charge is -2.16. The van der Waals surface area contributed by atoms with E-state index in [-0.39, 0.29) is 18.0 Å². The highest BCUT2D eigenvalue weighted by Crippen LogP contribution is 2.13. The summed E-state index contributed by atoms with van der Waals surface area (Å²) in [6, 6.07) is -0.174. The van der Waals surface area contributed by atoms with Crippen LogP contribution in [0.15, 0.2) is 12.5 Å². The molecule has 1 amide bonds. The summed E-state index contributed by atoms with van der Waals surface area (Å²) >= 11 is 2.12. The SMILES string of the molecule is CC(C)NC(=O)C(C)Nc1ncncc1I. The van der Waals surface area contributed by atoms with Gasteiger partial charge in [-0.05, 0) is 43.4 Å². The molecule has 1 atom stereocenters. The van der Waals surface area contributed by atoms with E-state index >= 15 is 0 Å². The van der Waals surface area contributed by atoms with E-state index in [4.69, 9.17) is 0 Å². The van der Waals surface area contributed by atoms with Gasteiger partial charge in [-0.3, -0.25) is 4.79 Å². The van der Waals surface area contributed by atoms with Crippen molar-refractivity contribution >= 4 is 34.3 Å². The van der Waals surface area contributed by atoms with Gasteiger partial charge in [0.05, 0.1) is 3.57 Å². The van der Waals surface area contributed by atoms with E-state index in [9.17, 15) is 4.79 Å². The molecule has 0 aliphatic rings. The number of anilines is 1. The maximum atomic E-state index is 11.6. The Balaban J connectivity index is 2.61. The standard InChI is InChI=1S/C10H15IN4O/c1-6(2)14-10(16)7(3)15-9-8(11)4-12-5-13-9/h4-7H,1-3H3,(H,14,16)(H,12,13,15). The molecule has 0 saturated heterocycles. The molecule has 6 heteroatoms. The minimum atomic E-state index is -0.314. The highest BCUT2D eigenvalue weighted by Gasteiger charge is 2.14. The Kier molecular flexibility index (Phi) is 4.91. The third kappa shape index (κ3) is 3.92. The van der Waals surface area contributed by atoms with Gasteiger partial charge in [0.25, 0.3) is 0 Å². The molecule has 0 radical (unpaired) electrons. The van der Waals surface area contributed by atoms with Crippen molar-refractivity contribution in [2.75, 3.05) is 5.32 Å². The Morgan fingerprint density at radius 2 is 2.12 bits per heavy atom. The maximum absolute atomic E-state index is 11.6. The summed E-state index contributed by atoms with van der Waals surface area (Å²) in [5, 5.41) is 5.88. The zero-order valence-corrected chi connectivity index (χ0v) is 11.6. The number of hydrogen-bond acceptors (Lipinski definition) is 4. The Labute approximate surface area is 109 Å². The molecule has 0 aliphatic carbocycles. The van der Waals surface area contributed by atoms with Gasteiger partial charge in [-0.15, -0.1) is 0 Å². The first kappa shape index (κ1) is 13.1. The number of carbonyl (C=O) groups excluding carboxylic acids is 1. The normalized spacial score (nSPS) is 12.3. The number of hydrogen-bond donors (Lipinski definition) is 2. The largest absolute Gasteiger partial charge is 0.358 e. The summed E-state index contributed by atoms with van der Waals surface area (Å²) in [4.78, 5) is 19.6. The summed E-state index contributed by atoms with van der Waals surface area (Å²) in [7, 11) is 0. The van der Waals surface area contributed by atoms with E-state index in [0.29, 0.717) is 5.82 Å². The van der Waals surface area contributed by atoms with Crippen LogP contribution in [0.5, 0.6) is 0 Å². The lowest BCUT2D eigenvalue weighted by molar-refractivity contribution is -0.122. The number of nitrogens with one attached hydrogen (secondary N) is 2. The van der Waals surface area contributed by atoms with Crippen molar-refractivity contribution in [1.82, 2.24) is 15.3 Å². The van der Waals surface area contributed by atoms with E-state index < -0.39 is 0 Å². The average molecular weight is 334 g/mol. The number of nitrogens with zero attached hydrogens (tertiary/aromatic N) is 2. The topological polar surface area (TPSA) is 66.9 Å². The molecule has 5 nitrogen and oxygen atoms in total. The number of rotatable bonds is 4. The van der Waals surface area contributed by atoms with Gasteiger partial charge >= 0.3 is 0 Å². The van der Waals surface area contributed by atoms with Gasteiger partial charge in [0.1, 0.15) is 18.2 Å². The lowest BCUT2D eigenvalue weighted by Crippen LogP contribution is -2.41. The first-order chi connectivity index (χ1) is 7.50. The molecule has 0 aliphatic heterocycles. The molecule has 1 heterocycles. The molecule has 1 unspecified atom stereocenters. The first-order valence-corrected chi connectivity index (χ1v) is 6.11. The fourth-order valence-electron chi connectivity index (χ4n) is 1.10. The Morgan fingerprint density at radius 1 is 1.44 bits per heavy atom. The fraction of sp³-hybridized carbons (Fsp3) is 0.500. The summed E-state index contributed by atoms with van der Waals surface area (Å²) in [5.41, 5.74) is 0. The Bertz CT molecular complexity index is 370. The van der Waals surface area contributed by atoms with Crippen LogP contribution in [0.4, 0.5) is 5.82 Å². The van der Waals surface area contributed by atoms with Crippen LogP contribution in [0.1, 0.15) is 20.8 Å². The highest BCUT2D eigenvalue weighted by atomic mass is 127. The zero-order chi connectivity index (χ0) is 12.1. The number of halogens is 1. The van der Waals surface area contributed by atoms with Crippen LogP contribution in [0.25, 0.3) is 0 Å². The number of carbonyl (C=O) groups is 1. The van der Waals surface area contributed by atoms with Crippen LogP contribution in [-0.4, -0.2) is 28.0 Å². The first-order valence-electron chi connectivity index (χ1n) is 5.03. The maximum Gasteiger partial charge on any atom is 0.242 e. The Morgan fingerprint density at radius 3 is 2.69 bits per heavy atom. The average Bonchev–Trinajstić information content (AvgIpc) is 2.20. The molecule has 1 aromatic heterocycles. The second-order valence-electron chi connectivity index (χ2n) is 3.75. The summed E-state index contributed by atoms with van der Waals surface area (Å²) < 4.78 is 0.893. The molecule has 1 rings (SSSR count). The van der Waals surface area contributed by atoms with Crippen molar-refractivity contribution in [3.8, 4) is 0 Å². The van der Waals surface area contributed by atoms with Crippen LogP contribution >= 0.6 is 22.6 Å². The Hall–Kier alpha value is -0.920. The van der Waals surface area contributed by atoms with E-state index in [1.54, 1.807) is 13.1 Å². The highest BCUT2D eigenvalue weighted by molar-refractivity contribution is 14.1. The third-order valence-corrected chi connectivity index (χ3v) is 2.63. The minimum Gasteiger partial charge on any atom is -0.358 e. The molecule has 2 N–H and O–H groups in total. The van der Waals surface area contributed by atoms with Crippen LogP contribution in [-0.2, 0) is 4.79 Å². The molecule has 0 bridgehead atoms. The molecule has 1 aromatic rings. The predicted octanol–water partition coefficient (Wildman–Crippen LogP) is 1.41. The monoisotopic (exact) mass is 334 g/mol. The van der Waals surface area contributed by atoms with Gasteiger partial charge in [0.2, 0.25) is 5.91 Å². The van der Waals surface area contributed by atoms with Crippen molar-refractivity contribution in [2.24, 2.45) is 0 Å². The number of amides is 1. The lowest BCUT2D eigenvalue weighted by atomic mass is 10.3. The predicted molar refractivity (Wildman–Crippen MR) is 71.1 cm³/mol. The van der Waals surface area contributed by atoms with Gasteiger partial charge in [0.15, 0.2) is 0 Å². The molecular formula is C10H15IN4O. The van der Waals surface area contributed by atoms with E-state index in [0.717, 1.165) is 3.57 Å². The van der Waals surface area contributed by atoms with Gasteiger partial charge in [-0.25, -0.2) is 9.97 Å². The summed E-state index contributed by atoms with van der Waals surface area (Å²) in [5.74, 6) is 0.645. The molecule has 0 fully saturated rings. The van der Waals surface area contributed by atoms with Crippen molar-refractivity contribution < 1.29 is 4.79 Å². The third-order valence-electron chi connectivity index (χ3n) is 1.85. The van der Waals surface area contributed by atoms with E-state index in [1.165, 1.54) is 6.33 Å². The molecular weight excluding hydrogens is 319 g/mol. The molecule has 0 spiro atoms. The smallest absolute Gasteiger partial charge is 0.242 e. The summed E-state index contributed by atoms with van der Waals surface area (Å²) in [6.07, 6.45) is 3.15. The van der Waals surface area contributed by atoms with Gasteiger partial charge in [0, 0.05) is 12.2 Å². The van der Waals surface area contributed by atoms with Gasteiger partial charge in [-0.2, -0.15) is 0 Å². The van der Waals surface area contributed by atoms with Gasteiger partial charge < -0.3 is 10.6 Å². The van der Waals surface area contributed by atoms with Crippen LogP contribution in [0.2, 0.25) is 0 Å². The molecule has 88 valence electrons. The van der Waals surface area contributed by atoms with E-state index in [2.05, 4.69) is 43.2 Å². The van der Waals surface area contributed by atoms with Crippen LogP contribution in [0, 0.1) is 3.57 Å². The van der Waals surface area contributed by atoms with Crippen LogP contribution < -0.4 is 10.6 Å². The van der Waals surface area contributed by atoms with Crippen molar-refractivity contribution in [3.05, 3.63) is 16.1 Å².